The minimum absolute atomic E-state index is 0.0556. The van der Waals surface area contributed by atoms with E-state index < -0.39 is 6.03 Å². The lowest BCUT2D eigenvalue weighted by molar-refractivity contribution is 0.251. The molecule has 7 nitrogen and oxygen atoms in total. The van der Waals surface area contributed by atoms with E-state index in [1.807, 2.05) is 54.6 Å². The van der Waals surface area contributed by atoms with E-state index in [-0.39, 0.29) is 11.8 Å². The largest absolute Gasteiger partial charge is 0.382 e. The fourth-order valence-electron chi connectivity index (χ4n) is 4.14. The first-order valence-electron chi connectivity index (χ1n) is 10.3. The average molecular weight is 422 g/mol. The molecule has 3 aromatic rings. The van der Waals surface area contributed by atoms with Crippen LogP contribution in [-0.4, -0.2) is 21.5 Å². The number of urea groups is 1. The van der Waals surface area contributed by atoms with Gasteiger partial charge < -0.3 is 16.8 Å². The normalized spacial score (nSPS) is 20.2. The molecule has 7 heteroatoms. The summed E-state index contributed by atoms with van der Waals surface area (Å²) in [5, 5.41) is 7.07. The molecule has 0 bridgehead atoms. The van der Waals surface area contributed by atoms with Gasteiger partial charge in [0.25, 0.3) is 0 Å². The highest BCUT2D eigenvalue weighted by molar-refractivity contribution is 6.12. The number of allylic oxidation sites excluding steroid dienone is 4. The van der Waals surface area contributed by atoms with Crippen LogP contribution in [0.3, 0.4) is 0 Å². The fourth-order valence-corrected chi connectivity index (χ4v) is 4.14. The topological polar surface area (TPSA) is 111 Å². The van der Waals surface area contributed by atoms with Crippen molar-refractivity contribution in [2.45, 2.75) is 5.92 Å². The van der Waals surface area contributed by atoms with Gasteiger partial charge in [0.05, 0.1) is 23.3 Å². The Labute approximate surface area is 185 Å². The number of carbonyl (C=O) groups is 1. The van der Waals surface area contributed by atoms with Crippen molar-refractivity contribution in [3.63, 3.8) is 0 Å². The second kappa shape index (κ2) is 8.03. The molecular weight excluding hydrogens is 400 g/mol. The summed E-state index contributed by atoms with van der Waals surface area (Å²) in [4.78, 5) is 16.4. The summed E-state index contributed by atoms with van der Waals surface area (Å²) in [6.45, 7) is 0. The van der Waals surface area contributed by atoms with Gasteiger partial charge in [-0.25, -0.2) is 14.5 Å². The molecule has 5 N–H and O–H groups in total. The van der Waals surface area contributed by atoms with Gasteiger partial charge in [0.15, 0.2) is 5.82 Å². The number of para-hydroxylation sites is 1. The van der Waals surface area contributed by atoms with Crippen LogP contribution in [0.4, 0.5) is 16.3 Å². The minimum Gasteiger partial charge on any atom is -0.382 e. The number of amides is 2. The molecule has 158 valence electrons. The van der Waals surface area contributed by atoms with Crippen LogP contribution in [0.2, 0.25) is 0 Å². The Morgan fingerprint density at radius 1 is 1.03 bits per heavy atom. The number of hydrogen-bond acceptors (Lipinski definition) is 4. The second-order valence-corrected chi connectivity index (χ2v) is 7.68. The van der Waals surface area contributed by atoms with Crippen LogP contribution in [0.5, 0.6) is 0 Å². The molecule has 0 radical (unpaired) electrons. The summed E-state index contributed by atoms with van der Waals surface area (Å²) in [6.07, 6.45) is 11.9. The quantitative estimate of drug-likeness (QED) is 0.589. The summed E-state index contributed by atoms with van der Waals surface area (Å²) < 4.78 is 1.62. The third-order valence-electron chi connectivity index (χ3n) is 5.65. The van der Waals surface area contributed by atoms with Gasteiger partial charge in [0, 0.05) is 11.8 Å². The highest BCUT2D eigenvalue weighted by atomic mass is 16.2. The van der Waals surface area contributed by atoms with E-state index in [0.29, 0.717) is 22.9 Å². The van der Waals surface area contributed by atoms with Gasteiger partial charge in [0.2, 0.25) is 0 Å². The van der Waals surface area contributed by atoms with Crippen molar-refractivity contribution in [3.05, 3.63) is 102 Å². The van der Waals surface area contributed by atoms with Crippen molar-refractivity contribution < 1.29 is 4.79 Å². The van der Waals surface area contributed by atoms with E-state index >= 15 is 0 Å². The summed E-state index contributed by atoms with van der Waals surface area (Å²) in [7, 11) is 0. The maximum atomic E-state index is 11.7. The third kappa shape index (κ3) is 3.60. The third-order valence-corrected chi connectivity index (χ3v) is 5.65. The number of primary amides is 1. The first-order valence-corrected chi connectivity index (χ1v) is 10.3. The fraction of sp³-hybridized carbons (Fsp3) is 0.0800. The van der Waals surface area contributed by atoms with E-state index in [2.05, 4.69) is 45.8 Å². The van der Waals surface area contributed by atoms with Crippen LogP contribution < -0.4 is 16.8 Å². The highest BCUT2D eigenvalue weighted by Crippen LogP contribution is 2.38. The highest BCUT2D eigenvalue weighted by Gasteiger charge is 2.26. The number of nitrogen functional groups attached to an aromatic ring is 1. The van der Waals surface area contributed by atoms with Crippen molar-refractivity contribution in [3.8, 4) is 5.69 Å². The molecule has 2 amide bonds. The molecule has 0 fully saturated rings. The van der Waals surface area contributed by atoms with Crippen LogP contribution in [0.25, 0.3) is 11.8 Å². The van der Waals surface area contributed by atoms with E-state index in [0.717, 1.165) is 5.69 Å². The molecule has 1 heterocycles. The zero-order valence-electron chi connectivity index (χ0n) is 17.2. The molecule has 0 aliphatic heterocycles. The summed E-state index contributed by atoms with van der Waals surface area (Å²) in [5.41, 5.74) is 16.7. The molecular formula is C25H22N6O. The molecule has 0 saturated heterocycles. The first kappa shape index (κ1) is 19.6. The number of carbonyl (C=O) groups excluding carboxylic acids is 1. The number of rotatable bonds is 4. The van der Waals surface area contributed by atoms with Gasteiger partial charge in [-0.05, 0) is 29.3 Å². The number of fused-ring (bicyclic) bond motifs is 1. The summed E-state index contributed by atoms with van der Waals surface area (Å²) in [6, 6.07) is 17.2. The smallest absolute Gasteiger partial charge is 0.316 e. The molecule has 5 rings (SSSR count). The van der Waals surface area contributed by atoms with Crippen LogP contribution in [0, 0.1) is 5.92 Å². The van der Waals surface area contributed by atoms with Gasteiger partial charge >= 0.3 is 6.03 Å². The maximum Gasteiger partial charge on any atom is 0.316 e. The van der Waals surface area contributed by atoms with Crippen LogP contribution in [0.1, 0.15) is 17.0 Å². The predicted octanol–water partition coefficient (Wildman–Crippen LogP) is 4.08. The predicted molar refractivity (Wildman–Crippen MR) is 127 cm³/mol. The SMILES string of the molecule is NC(=O)NC1=CC(C2C=Cc3ccccc32)C=CC1=Nc1cnn(-c2ccccc2)c1N. The zero-order chi connectivity index (χ0) is 22.1. The van der Waals surface area contributed by atoms with Gasteiger partial charge in [-0.1, -0.05) is 66.8 Å². The Bertz CT molecular complexity index is 1300. The van der Waals surface area contributed by atoms with Gasteiger partial charge in [-0.15, -0.1) is 0 Å². The molecule has 1 aromatic heterocycles. The lowest BCUT2D eigenvalue weighted by Crippen LogP contribution is -2.33. The van der Waals surface area contributed by atoms with Crippen molar-refractivity contribution >= 4 is 29.3 Å². The lowest BCUT2D eigenvalue weighted by Gasteiger charge is -2.23. The van der Waals surface area contributed by atoms with E-state index in [9.17, 15) is 4.79 Å². The number of nitrogens with one attached hydrogen (secondary N) is 1. The van der Waals surface area contributed by atoms with Gasteiger partial charge in [0.1, 0.15) is 5.69 Å². The number of nitrogens with zero attached hydrogens (tertiary/aromatic N) is 3. The zero-order valence-corrected chi connectivity index (χ0v) is 17.2. The lowest BCUT2D eigenvalue weighted by atomic mass is 9.84. The van der Waals surface area contributed by atoms with Crippen LogP contribution >= 0.6 is 0 Å². The Hall–Kier alpha value is -4.39. The summed E-state index contributed by atoms with van der Waals surface area (Å²) in [5.74, 6) is 0.643. The number of anilines is 1. The summed E-state index contributed by atoms with van der Waals surface area (Å²) >= 11 is 0. The minimum atomic E-state index is -0.645. The molecule has 0 saturated carbocycles. The van der Waals surface area contributed by atoms with Crippen molar-refractivity contribution in [1.82, 2.24) is 15.1 Å². The Morgan fingerprint density at radius 3 is 2.62 bits per heavy atom. The van der Waals surface area contributed by atoms with Crippen molar-refractivity contribution in [2.24, 2.45) is 16.6 Å². The average Bonchev–Trinajstić information content (AvgIpc) is 3.39. The molecule has 2 unspecified atom stereocenters. The second-order valence-electron chi connectivity index (χ2n) is 7.68. The molecule has 2 aliphatic carbocycles. The maximum absolute atomic E-state index is 11.7. The van der Waals surface area contributed by atoms with Gasteiger partial charge in [-0.2, -0.15) is 5.10 Å². The number of benzene rings is 2. The Morgan fingerprint density at radius 2 is 1.81 bits per heavy atom. The van der Waals surface area contributed by atoms with Crippen molar-refractivity contribution in [2.75, 3.05) is 5.73 Å². The molecule has 2 aliphatic rings. The Kier molecular flexibility index (Phi) is 4.91. The van der Waals surface area contributed by atoms with Crippen molar-refractivity contribution in [1.29, 1.82) is 0 Å². The van der Waals surface area contributed by atoms with E-state index in [1.54, 1.807) is 10.9 Å². The van der Waals surface area contributed by atoms with E-state index in [4.69, 9.17) is 11.5 Å². The van der Waals surface area contributed by atoms with Gasteiger partial charge in [-0.3, -0.25) is 0 Å². The molecule has 2 atom stereocenters. The number of aliphatic imine (C=N–C) groups is 1. The molecule has 0 spiro atoms. The standard InChI is InChI=1S/C25H22N6O/c26-24-23(15-28-31(24)18-7-2-1-3-8-18)29-21-13-11-17(14-22(21)30-25(27)32)20-12-10-16-6-4-5-9-19(16)20/h1-15,17,20H,26H2,(H3,27,30,32). The van der Waals surface area contributed by atoms with E-state index in [1.165, 1.54) is 11.1 Å². The first-order chi connectivity index (χ1) is 15.6. The number of aromatic nitrogens is 2. The van der Waals surface area contributed by atoms with Crippen LogP contribution in [0.15, 0.2) is 95.8 Å². The monoisotopic (exact) mass is 422 g/mol. The number of nitrogens with two attached hydrogens (primary N) is 2. The Balaban J connectivity index is 1.48. The van der Waals surface area contributed by atoms with Crippen LogP contribution in [-0.2, 0) is 0 Å². The molecule has 32 heavy (non-hydrogen) atoms. The number of hydrogen-bond donors (Lipinski definition) is 3. The molecule has 2 aromatic carbocycles.